The second-order valence-corrected chi connectivity index (χ2v) is 5.76. The maximum atomic E-state index is 12.9. The molecule has 0 bridgehead atoms. The Kier molecular flexibility index (Phi) is 3.74. The highest BCUT2D eigenvalue weighted by Crippen LogP contribution is 2.39. The van der Waals surface area contributed by atoms with Crippen LogP contribution in [0.2, 0.25) is 5.02 Å². The average Bonchev–Trinajstić information content (AvgIpc) is 2.47. The predicted octanol–water partition coefficient (Wildman–Crippen LogP) is 3.17. The molecule has 0 aliphatic carbocycles. The van der Waals surface area contributed by atoms with Gasteiger partial charge in [-0.05, 0) is 32.9 Å². The van der Waals surface area contributed by atoms with Gasteiger partial charge in [-0.1, -0.05) is 17.7 Å². The number of fused-ring (bicyclic) bond motifs is 1. The number of benzene rings is 1. The molecule has 114 valence electrons. The van der Waals surface area contributed by atoms with Crippen molar-refractivity contribution in [2.75, 3.05) is 11.4 Å². The van der Waals surface area contributed by atoms with Crippen LogP contribution in [-0.2, 0) is 0 Å². The van der Waals surface area contributed by atoms with Crippen LogP contribution in [0.25, 0.3) is 0 Å². The second kappa shape index (κ2) is 5.57. The number of halogens is 1. The van der Waals surface area contributed by atoms with Crippen molar-refractivity contribution in [2.45, 2.75) is 26.9 Å². The van der Waals surface area contributed by atoms with Crippen LogP contribution in [0.5, 0.6) is 5.75 Å². The molecule has 1 amide bonds. The van der Waals surface area contributed by atoms with Crippen LogP contribution in [0.4, 0.5) is 5.69 Å². The molecule has 1 aromatic heterocycles. The number of aryl methyl sites for hydroxylation is 2. The molecule has 0 unspecified atom stereocenters. The molecule has 1 aliphatic heterocycles. The number of hydrogen-bond acceptors (Lipinski definition) is 4. The molecular weight excluding hydrogens is 302 g/mol. The molecule has 0 saturated carbocycles. The number of aromatic nitrogens is 2. The van der Waals surface area contributed by atoms with E-state index in [1.807, 2.05) is 19.9 Å². The van der Waals surface area contributed by atoms with E-state index in [1.54, 1.807) is 30.2 Å². The zero-order chi connectivity index (χ0) is 15.9. The van der Waals surface area contributed by atoms with E-state index < -0.39 is 0 Å². The van der Waals surface area contributed by atoms with Gasteiger partial charge in [-0.15, -0.1) is 0 Å². The smallest absolute Gasteiger partial charge is 0.261 e. The topological polar surface area (TPSA) is 55.3 Å². The predicted molar refractivity (Wildman–Crippen MR) is 84.7 cm³/mol. The quantitative estimate of drug-likeness (QED) is 0.810. The Morgan fingerprint density at radius 3 is 2.91 bits per heavy atom. The number of carbonyl (C=O) groups excluding carboxylic acids is 1. The molecule has 1 aromatic carbocycles. The number of para-hydroxylation sites is 1. The third-order valence-corrected chi connectivity index (χ3v) is 3.87. The van der Waals surface area contributed by atoms with Crippen LogP contribution >= 0.6 is 11.6 Å². The summed E-state index contributed by atoms with van der Waals surface area (Å²) >= 11 is 6.19. The summed E-state index contributed by atoms with van der Waals surface area (Å²) in [5.74, 6) is 1.05. The van der Waals surface area contributed by atoms with E-state index in [0.717, 1.165) is 0 Å². The fourth-order valence-electron chi connectivity index (χ4n) is 2.55. The van der Waals surface area contributed by atoms with Crippen molar-refractivity contribution < 1.29 is 9.53 Å². The fraction of sp³-hybridized carbons (Fsp3) is 0.312. The molecular formula is C16H16ClN3O2. The Labute approximate surface area is 133 Å². The van der Waals surface area contributed by atoms with E-state index in [-0.39, 0.29) is 12.0 Å². The summed E-state index contributed by atoms with van der Waals surface area (Å²) in [4.78, 5) is 23.0. The monoisotopic (exact) mass is 317 g/mol. The molecule has 5 nitrogen and oxygen atoms in total. The Bertz CT molecular complexity index is 748. The van der Waals surface area contributed by atoms with Gasteiger partial charge >= 0.3 is 0 Å². The van der Waals surface area contributed by atoms with Crippen LogP contribution in [0.1, 0.15) is 28.8 Å². The highest BCUT2D eigenvalue weighted by atomic mass is 35.5. The minimum atomic E-state index is -0.142. The van der Waals surface area contributed by atoms with Crippen molar-refractivity contribution in [1.82, 2.24) is 9.97 Å². The molecule has 1 atom stereocenters. The summed E-state index contributed by atoms with van der Waals surface area (Å²) in [6, 6.07) is 5.38. The molecule has 1 aliphatic rings. The number of hydrogen-bond donors (Lipinski definition) is 0. The number of rotatable bonds is 1. The third-order valence-electron chi connectivity index (χ3n) is 3.57. The van der Waals surface area contributed by atoms with Gasteiger partial charge in [-0.2, -0.15) is 0 Å². The number of nitrogens with zero attached hydrogens (tertiary/aromatic N) is 3. The normalized spacial score (nSPS) is 16.9. The number of amides is 1. The van der Waals surface area contributed by atoms with Crippen LogP contribution in [0.15, 0.2) is 24.4 Å². The van der Waals surface area contributed by atoms with E-state index in [2.05, 4.69) is 9.97 Å². The molecule has 0 spiro atoms. The van der Waals surface area contributed by atoms with Gasteiger partial charge < -0.3 is 9.64 Å². The van der Waals surface area contributed by atoms with Gasteiger partial charge in [0.2, 0.25) is 0 Å². The van der Waals surface area contributed by atoms with E-state index in [4.69, 9.17) is 16.3 Å². The number of carbonyl (C=O) groups is 1. The molecule has 0 fully saturated rings. The molecule has 0 saturated heterocycles. The van der Waals surface area contributed by atoms with Crippen LogP contribution < -0.4 is 9.64 Å². The summed E-state index contributed by atoms with van der Waals surface area (Å²) in [7, 11) is 0. The number of ether oxygens (including phenoxy) is 1. The lowest BCUT2D eigenvalue weighted by molar-refractivity contribution is 0.0960. The van der Waals surface area contributed by atoms with Crippen molar-refractivity contribution >= 4 is 23.2 Å². The SMILES string of the molecule is Cc1ncc(C(=O)N2C[C@@H](C)Oc3c(Cl)cccc32)c(C)n1. The van der Waals surface area contributed by atoms with Gasteiger partial charge in [0.1, 0.15) is 11.9 Å². The highest BCUT2D eigenvalue weighted by Gasteiger charge is 2.30. The fourth-order valence-corrected chi connectivity index (χ4v) is 2.77. The first-order chi connectivity index (χ1) is 10.5. The summed E-state index contributed by atoms with van der Waals surface area (Å²) in [6.45, 7) is 5.97. The van der Waals surface area contributed by atoms with E-state index in [9.17, 15) is 4.79 Å². The lowest BCUT2D eigenvalue weighted by Crippen LogP contribution is -2.42. The van der Waals surface area contributed by atoms with Crippen molar-refractivity contribution in [3.63, 3.8) is 0 Å². The van der Waals surface area contributed by atoms with Gasteiger partial charge in [-0.3, -0.25) is 4.79 Å². The van der Waals surface area contributed by atoms with E-state index >= 15 is 0 Å². The molecule has 2 aromatic rings. The first kappa shape index (κ1) is 14.8. The molecule has 2 heterocycles. The first-order valence-electron chi connectivity index (χ1n) is 7.04. The largest absolute Gasteiger partial charge is 0.485 e. The summed E-state index contributed by atoms with van der Waals surface area (Å²) in [5.41, 5.74) is 1.83. The van der Waals surface area contributed by atoms with Crippen molar-refractivity contribution in [2.24, 2.45) is 0 Å². The van der Waals surface area contributed by atoms with Crippen LogP contribution in [0, 0.1) is 13.8 Å². The summed E-state index contributed by atoms with van der Waals surface area (Å²) < 4.78 is 5.77. The summed E-state index contributed by atoms with van der Waals surface area (Å²) in [6.07, 6.45) is 1.44. The van der Waals surface area contributed by atoms with Crippen molar-refractivity contribution in [1.29, 1.82) is 0 Å². The lowest BCUT2D eigenvalue weighted by Gasteiger charge is -2.34. The van der Waals surface area contributed by atoms with Gasteiger partial charge in [-0.25, -0.2) is 9.97 Å². The van der Waals surface area contributed by atoms with Gasteiger partial charge in [0.25, 0.3) is 5.91 Å². The van der Waals surface area contributed by atoms with Crippen molar-refractivity contribution in [3.8, 4) is 5.75 Å². The summed E-state index contributed by atoms with van der Waals surface area (Å²) in [5, 5.41) is 0.499. The lowest BCUT2D eigenvalue weighted by atomic mass is 10.1. The highest BCUT2D eigenvalue weighted by molar-refractivity contribution is 6.32. The Hall–Kier alpha value is -2.14. The Balaban J connectivity index is 2.05. The third kappa shape index (κ3) is 2.52. The van der Waals surface area contributed by atoms with Crippen molar-refractivity contribution in [3.05, 3.63) is 46.5 Å². The number of anilines is 1. The van der Waals surface area contributed by atoms with E-state index in [0.29, 0.717) is 40.1 Å². The molecule has 6 heteroatoms. The van der Waals surface area contributed by atoms with Gasteiger partial charge in [0.15, 0.2) is 5.75 Å². The molecule has 0 N–H and O–H groups in total. The maximum Gasteiger partial charge on any atom is 0.261 e. The van der Waals surface area contributed by atoms with Crippen LogP contribution in [-0.4, -0.2) is 28.5 Å². The Morgan fingerprint density at radius 1 is 1.41 bits per heavy atom. The molecule has 0 radical (unpaired) electrons. The first-order valence-corrected chi connectivity index (χ1v) is 7.42. The minimum absolute atomic E-state index is 0.136. The minimum Gasteiger partial charge on any atom is -0.485 e. The Morgan fingerprint density at radius 2 is 2.18 bits per heavy atom. The zero-order valence-corrected chi connectivity index (χ0v) is 13.4. The van der Waals surface area contributed by atoms with Gasteiger partial charge in [0.05, 0.1) is 28.5 Å². The van der Waals surface area contributed by atoms with Gasteiger partial charge in [0, 0.05) is 6.20 Å². The van der Waals surface area contributed by atoms with Crippen LogP contribution in [0.3, 0.4) is 0 Å². The molecule has 3 rings (SSSR count). The van der Waals surface area contributed by atoms with E-state index in [1.165, 1.54) is 0 Å². The zero-order valence-electron chi connectivity index (χ0n) is 12.6. The maximum absolute atomic E-state index is 12.9. The second-order valence-electron chi connectivity index (χ2n) is 5.35. The molecule has 22 heavy (non-hydrogen) atoms. The standard InChI is InChI=1S/C16H16ClN3O2/c1-9-8-20(14-6-4-5-13(17)15(14)22-9)16(21)12-7-18-11(3)19-10(12)2/h4-7,9H,8H2,1-3H3/t9-/m1/s1. The average molecular weight is 318 g/mol.